The van der Waals surface area contributed by atoms with Gasteiger partial charge in [0.15, 0.2) is 12.4 Å². The van der Waals surface area contributed by atoms with Crippen LogP contribution >= 0.6 is 23.2 Å². The molecule has 0 fully saturated rings. The molecule has 1 aromatic carbocycles. The minimum atomic E-state index is -0.429. The van der Waals surface area contributed by atoms with Crippen LogP contribution in [0.15, 0.2) is 24.4 Å². The van der Waals surface area contributed by atoms with Crippen LogP contribution in [0.1, 0.15) is 29.4 Å². The van der Waals surface area contributed by atoms with Crippen molar-refractivity contribution in [3.8, 4) is 5.75 Å². The van der Waals surface area contributed by atoms with Crippen LogP contribution in [0.2, 0.25) is 10.0 Å². The Morgan fingerprint density at radius 2 is 2.16 bits per heavy atom. The van der Waals surface area contributed by atoms with Gasteiger partial charge in [-0.3, -0.25) is 14.9 Å². The van der Waals surface area contributed by atoms with Gasteiger partial charge in [-0.05, 0) is 30.5 Å². The average molecular weight is 380 g/mol. The van der Waals surface area contributed by atoms with Gasteiger partial charge < -0.3 is 4.74 Å². The van der Waals surface area contributed by atoms with E-state index in [-0.39, 0.29) is 24.3 Å². The number of hydrogen-bond donors (Lipinski definition) is 1. The number of aromatic nitrogens is 2. The Kier molecular flexibility index (Phi) is 5.20. The van der Waals surface area contributed by atoms with Crippen molar-refractivity contribution in [1.82, 2.24) is 9.97 Å². The van der Waals surface area contributed by atoms with Gasteiger partial charge >= 0.3 is 0 Å². The standard InChI is InChI=1S/C17H15Cl2N3O3/c1-9-4-13-11(14(23)5-9)7-20-17(21-13)22-16(24)8-25-15-3-2-10(18)6-12(15)19/h2-3,6-7,9H,4-5,8H2,1H3,(H,20,21,22,24)/t9-/m0/s1. The smallest absolute Gasteiger partial charge is 0.264 e. The van der Waals surface area contributed by atoms with Crippen LogP contribution in [0.25, 0.3) is 0 Å². The van der Waals surface area contributed by atoms with Gasteiger partial charge in [0.2, 0.25) is 5.95 Å². The molecule has 0 spiro atoms. The predicted molar refractivity (Wildman–Crippen MR) is 94.4 cm³/mol. The quantitative estimate of drug-likeness (QED) is 0.877. The molecule has 0 unspecified atom stereocenters. The first-order chi connectivity index (χ1) is 11.9. The zero-order chi connectivity index (χ0) is 18.0. The second-order valence-electron chi connectivity index (χ2n) is 5.90. The lowest BCUT2D eigenvalue weighted by molar-refractivity contribution is -0.118. The van der Waals surface area contributed by atoms with E-state index in [0.717, 1.165) is 0 Å². The van der Waals surface area contributed by atoms with Gasteiger partial charge in [-0.1, -0.05) is 30.1 Å². The first kappa shape index (κ1) is 17.6. The topological polar surface area (TPSA) is 81.2 Å². The summed E-state index contributed by atoms with van der Waals surface area (Å²) >= 11 is 11.8. The van der Waals surface area contributed by atoms with Crippen molar-refractivity contribution in [2.45, 2.75) is 19.8 Å². The zero-order valence-corrected chi connectivity index (χ0v) is 14.9. The molecule has 25 heavy (non-hydrogen) atoms. The maximum atomic E-state index is 12.0. The minimum Gasteiger partial charge on any atom is -0.482 e. The Hall–Kier alpha value is -2.18. The van der Waals surface area contributed by atoms with Crippen molar-refractivity contribution < 1.29 is 14.3 Å². The van der Waals surface area contributed by atoms with E-state index < -0.39 is 5.91 Å². The van der Waals surface area contributed by atoms with E-state index in [1.165, 1.54) is 12.3 Å². The van der Waals surface area contributed by atoms with Crippen LogP contribution in [0.3, 0.4) is 0 Å². The molecule has 0 saturated carbocycles. The third-order valence-electron chi connectivity index (χ3n) is 3.75. The molecule has 1 atom stereocenters. The fourth-order valence-corrected chi connectivity index (χ4v) is 3.05. The highest BCUT2D eigenvalue weighted by molar-refractivity contribution is 6.35. The molecule has 3 rings (SSSR count). The first-order valence-corrected chi connectivity index (χ1v) is 8.45. The highest BCUT2D eigenvalue weighted by Gasteiger charge is 2.24. The second kappa shape index (κ2) is 7.37. The van der Waals surface area contributed by atoms with Gasteiger partial charge in [0, 0.05) is 17.6 Å². The van der Waals surface area contributed by atoms with Gasteiger partial charge in [-0.15, -0.1) is 0 Å². The summed E-state index contributed by atoms with van der Waals surface area (Å²) in [5, 5.41) is 3.35. The van der Waals surface area contributed by atoms with Crippen molar-refractivity contribution in [1.29, 1.82) is 0 Å². The number of benzene rings is 1. The van der Waals surface area contributed by atoms with E-state index in [1.807, 2.05) is 6.92 Å². The lowest BCUT2D eigenvalue weighted by Gasteiger charge is -2.19. The molecule has 0 saturated heterocycles. The summed E-state index contributed by atoms with van der Waals surface area (Å²) in [6.07, 6.45) is 2.64. The third-order valence-corrected chi connectivity index (χ3v) is 4.28. The van der Waals surface area contributed by atoms with Crippen LogP contribution < -0.4 is 10.1 Å². The summed E-state index contributed by atoms with van der Waals surface area (Å²) in [6.45, 7) is 1.74. The number of fused-ring (bicyclic) bond motifs is 1. The average Bonchev–Trinajstić information content (AvgIpc) is 2.53. The molecule has 6 nitrogen and oxygen atoms in total. The number of carbonyl (C=O) groups is 2. The number of nitrogens with zero attached hydrogens (tertiary/aromatic N) is 2. The monoisotopic (exact) mass is 379 g/mol. The van der Waals surface area contributed by atoms with Crippen LogP contribution in [-0.4, -0.2) is 28.3 Å². The summed E-state index contributed by atoms with van der Waals surface area (Å²) < 4.78 is 5.36. The van der Waals surface area contributed by atoms with E-state index >= 15 is 0 Å². The largest absolute Gasteiger partial charge is 0.482 e. The molecule has 1 aromatic heterocycles. The lowest BCUT2D eigenvalue weighted by atomic mass is 9.88. The molecule has 2 aromatic rings. The van der Waals surface area contributed by atoms with Gasteiger partial charge in [0.1, 0.15) is 5.75 Å². The molecular formula is C17H15Cl2N3O3. The lowest BCUT2D eigenvalue weighted by Crippen LogP contribution is -2.24. The summed E-state index contributed by atoms with van der Waals surface area (Å²) in [4.78, 5) is 32.2. The molecule has 0 radical (unpaired) electrons. The molecule has 1 amide bonds. The normalized spacial score (nSPS) is 16.3. The van der Waals surface area contributed by atoms with E-state index in [1.54, 1.807) is 12.1 Å². The fraction of sp³-hybridized carbons (Fsp3) is 0.294. The highest BCUT2D eigenvalue weighted by atomic mass is 35.5. The minimum absolute atomic E-state index is 0.0346. The van der Waals surface area contributed by atoms with E-state index in [0.29, 0.717) is 39.9 Å². The number of carbonyl (C=O) groups excluding carboxylic acids is 2. The zero-order valence-electron chi connectivity index (χ0n) is 13.4. The van der Waals surface area contributed by atoms with Crippen molar-refractivity contribution in [2.24, 2.45) is 5.92 Å². The van der Waals surface area contributed by atoms with Crippen LogP contribution in [-0.2, 0) is 11.2 Å². The van der Waals surface area contributed by atoms with E-state index in [9.17, 15) is 9.59 Å². The van der Waals surface area contributed by atoms with Crippen molar-refractivity contribution in [3.63, 3.8) is 0 Å². The number of halogens is 2. The third kappa shape index (κ3) is 4.27. The number of ketones is 1. The van der Waals surface area contributed by atoms with Gasteiger partial charge in [0.25, 0.3) is 5.91 Å². The molecule has 1 aliphatic carbocycles. The number of hydrogen-bond acceptors (Lipinski definition) is 5. The molecule has 1 N–H and O–H groups in total. The van der Waals surface area contributed by atoms with Gasteiger partial charge in [-0.25, -0.2) is 9.97 Å². The molecule has 0 bridgehead atoms. The molecule has 1 aliphatic rings. The molecule has 130 valence electrons. The fourth-order valence-electron chi connectivity index (χ4n) is 2.59. The Morgan fingerprint density at radius 1 is 1.36 bits per heavy atom. The van der Waals surface area contributed by atoms with Crippen LogP contribution in [0, 0.1) is 5.92 Å². The number of ether oxygens (including phenoxy) is 1. The Bertz CT molecular complexity index is 842. The molecular weight excluding hydrogens is 365 g/mol. The Morgan fingerprint density at radius 3 is 2.92 bits per heavy atom. The number of Topliss-reactive ketones (excluding diaryl/α,β-unsaturated/α-hetero) is 1. The Labute approximate surface area is 154 Å². The number of anilines is 1. The second-order valence-corrected chi connectivity index (χ2v) is 6.75. The van der Waals surface area contributed by atoms with E-state index in [4.69, 9.17) is 27.9 Å². The molecule has 0 aliphatic heterocycles. The van der Waals surface area contributed by atoms with Crippen LogP contribution in [0.5, 0.6) is 5.75 Å². The summed E-state index contributed by atoms with van der Waals surface area (Å²) in [5.74, 6) is 0.339. The maximum absolute atomic E-state index is 12.0. The number of amides is 1. The van der Waals surface area contributed by atoms with Crippen molar-refractivity contribution in [2.75, 3.05) is 11.9 Å². The predicted octanol–water partition coefficient (Wildman–Crippen LogP) is 3.57. The number of nitrogens with one attached hydrogen (secondary N) is 1. The summed E-state index contributed by atoms with van der Waals surface area (Å²) in [5.41, 5.74) is 1.19. The Balaban J connectivity index is 1.63. The van der Waals surface area contributed by atoms with Gasteiger partial charge in [-0.2, -0.15) is 0 Å². The molecule has 1 heterocycles. The van der Waals surface area contributed by atoms with Gasteiger partial charge in [0.05, 0.1) is 16.3 Å². The summed E-state index contributed by atoms with van der Waals surface area (Å²) in [6, 6.07) is 4.73. The number of rotatable bonds is 4. The first-order valence-electron chi connectivity index (χ1n) is 7.69. The molecule has 8 heteroatoms. The SMILES string of the molecule is C[C@@H]1CC(=O)c2cnc(NC(=O)COc3ccc(Cl)cc3Cl)nc2C1. The van der Waals surface area contributed by atoms with Crippen molar-refractivity contribution in [3.05, 3.63) is 45.7 Å². The highest BCUT2D eigenvalue weighted by Crippen LogP contribution is 2.27. The van der Waals surface area contributed by atoms with E-state index in [2.05, 4.69) is 15.3 Å². The van der Waals surface area contributed by atoms with Crippen molar-refractivity contribution >= 4 is 40.8 Å². The summed E-state index contributed by atoms with van der Waals surface area (Å²) in [7, 11) is 0. The van der Waals surface area contributed by atoms with Crippen LogP contribution in [0.4, 0.5) is 5.95 Å². The maximum Gasteiger partial charge on any atom is 0.264 e.